The van der Waals surface area contributed by atoms with E-state index in [1.807, 2.05) is 0 Å². The Labute approximate surface area is 145 Å². The van der Waals surface area contributed by atoms with Crippen LogP contribution in [-0.4, -0.2) is 45.4 Å². The fourth-order valence-corrected chi connectivity index (χ4v) is 4.86. The first-order valence-electron chi connectivity index (χ1n) is 8.38. The van der Waals surface area contributed by atoms with Gasteiger partial charge >= 0.3 is 0 Å². The highest BCUT2D eigenvalue weighted by Gasteiger charge is 2.32. The number of benzene rings is 1. The van der Waals surface area contributed by atoms with Crippen molar-refractivity contribution < 1.29 is 13.3 Å². The van der Waals surface area contributed by atoms with Crippen molar-refractivity contribution in [1.29, 1.82) is 0 Å². The van der Waals surface area contributed by atoms with E-state index >= 15 is 0 Å². The maximum Gasteiger partial charge on any atom is 0.243 e. The smallest absolute Gasteiger partial charge is 0.243 e. The van der Waals surface area contributed by atoms with Gasteiger partial charge in [0.1, 0.15) is 0 Å². The van der Waals surface area contributed by atoms with E-state index in [-0.39, 0.29) is 0 Å². The van der Waals surface area contributed by atoms with Crippen LogP contribution in [0, 0.1) is 5.92 Å². The number of nitrogens with one attached hydrogen (secondary N) is 1. The molecule has 0 radical (unpaired) electrons. The number of halogens is 1. The third kappa shape index (κ3) is 4.92. The van der Waals surface area contributed by atoms with Gasteiger partial charge in [-0.05, 0) is 30.5 Å². The Balaban J connectivity index is 1.96. The van der Waals surface area contributed by atoms with Crippen molar-refractivity contribution in [3.8, 4) is 0 Å². The highest BCUT2D eigenvalue weighted by atomic mass is 35.5. The van der Waals surface area contributed by atoms with Gasteiger partial charge in [-0.15, -0.1) is 0 Å². The van der Waals surface area contributed by atoms with Gasteiger partial charge in [-0.1, -0.05) is 31.5 Å². The molecule has 0 bridgehead atoms. The van der Waals surface area contributed by atoms with Crippen LogP contribution in [0.25, 0.3) is 0 Å². The lowest BCUT2D eigenvalue weighted by molar-refractivity contribution is -0.907. The van der Waals surface area contributed by atoms with Crippen molar-refractivity contribution in [2.45, 2.75) is 44.0 Å². The molecular weight excluding hydrogens is 332 g/mol. The Morgan fingerprint density at radius 3 is 2.52 bits per heavy atom. The second-order valence-electron chi connectivity index (χ2n) is 6.91. The van der Waals surface area contributed by atoms with E-state index in [9.17, 15) is 8.42 Å². The van der Waals surface area contributed by atoms with E-state index in [0.29, 0.717) is 35.0 Å². The number of rotatable bonds is 6. The van der Waals surface area contributed by atoms with Crippen LogP contribution in [0.3, 0.4) is 0 Å². The maximum atomic E-state index is 12.7. The molecular formula is C17H28ClN2O2S+. The lowest BCUT2D eigenvalue weighted by Gasteiger charge is -2.34. The summed E-state index contributed by atoms with van der Waals surface area (Å²) in [4.78, 5) is 1.82. The summed E-state index contributed by atoms with van der Waals surface area (Å²) >= 11 is 5.93. The van der Waals surface area contributed by atoms with E-state index in [0.717, 1.165) is 19.4 Å². The minimum absolute atomic E-state index is 0.295. The molecule has 1 N–H and O–H groups in total. The summed E-state index contributed by atoms with van der Waals surface area (Å²) in [6.07, 6.45) is 3.06. The molecule has 130 valence electrons. The molecule has 1 aromatic carbocycles. The highest BCUT2D eigenvalue weighted by molar-refractivity contribution is 7.89. The highest BCUT2D eigenvalue weighted by Crippen LogP contribution is 2.22. The summed E-state index contributed by atoms with van der Waals surface area (Å²) in [7, 11) is -1.19. The number of nitrogens with zero attached hydrogens (tertiary/aromatic N) is 1. The summed E-state index contributed by atoms with van der Waals surface area (Å²) in [6.45, 7) is 6.83. The number of quaternary nitrogens is 1. The number of sulfonamides is 1. The van der Waals surface area contributed by atoms with Crippen LogP contribution in [-0.2, 0) is 10.0 Å². The molecule has 1 unspecified atom stereocenters. The predicted molar refractivity (Wildman–Crippen MR) is 94.4 cm³/mol. The van der Waals surface area contributed by atoms with E-state index in [1.54, 1.807) is 22.5 Å². The Morgan fingerprint density at radius 2 is 1.96 bits per heavy atom. The molecule has 1 aromatic rings. The van der Waals surface area contributed by atoms with Crippen molar-refractivity contribution in [3.05, 3.63) is 29.3 Å². The molecule has 0 aliphatic carbocycles. The van der Waals surface area contributed by atoms with Crippen molar-refractivity contribution in [3.63, 3.8) is 0 Å². The summed E-state index contributed by atoms with van der Waals surface area (Å²) in [5.74, 6) is 0.716. The third-order valence-electron chi connectivity index (χ3n) is 4.70. The lowest BCUT2D eigenvalue weighted by Crippen LogP contribution is -3.13. The molecule has 1 aliphatic rings. The van der Waals surface area contributed by atoms with E-state index < -0.39 is 10.0 Å². The molecule has 4 nitrogen and oxygen atoms in total. The quantitative estimate of drug-likeness (QED) is 0.844. The third-order valence-corrected chi connectivity index (χ3v) is 6.83. The normalized spacial score (nSPS) is 19.2. The molecule has 6 heteroatoms. The van der Waals surface area contributed by atoms with Crippen molar-refractivity contribution >= 4 is 21.6 Å². The summed E-state index contributed by atoms with van der Waals surface area (Å²) in [6, 6.07) is 7.08. The SMILES string of the molecule is CC(C)CC[NH+](C)C1CCN(S(=O)(=O)c2cccc(Cl)c2)CC1. The number of hydrogen-bond donors (Lipinski definition) is 1. The van der Waals surface area contributed by atoms with Gasteiger partial charge in [0.05, 0.1) is 24.5 Å². The van der Waals surface area contributed by atoms with Crippen LogP contribution in [0.5, 0.6) is 0 Å². The molecule has 1 atom stereocenters. The van der Waals surface area contributed by atoms with E-state index in [4.69, 9.17) is 11.6 Å². The van der Waals surface area contributed by atoms with Gasteiger partial charge in [0, 0.05) is 31.0 Å². The average Bonchev–Trinajstić information content (AvgIpc) is 2.52. The van der Waals surface area contributed by atoms with Crippen LogP contribution in [0.4, 0.5) is 0 Å². The fourth-order valence-electron chi connectivity index (χ4n) is 3.09. The van der Waals surface area contributed by atoms with E-state index in [1.165, 1.54) is 17.4 Å². The monoisotopic (exact) mass is 359 g/mol. The van der Waals surface area contributed by atoms with Crippen LogP contribution >= 0.6 is 11.6 Å². The first-order valence-corrected chi connectivity index (χ1v) is 10.2. The molecule has 0 saturated carbocycles. The first-order chi connectivity index (χ1) is 10.8. The molecule has 1 fully saturated rings. The zero-order valence-corrected chi connectivity index (χ0v) is 15.8. The van der Waals surface area contributed by atoms with Crippen LogP contribution in [0.2, 0.25) is 5.02 Å². The summed E-state index contributed by atoms with van der Waals surface area (Å²) < 4.78 is 27.0. The topological polar surface area (TPSA) is 41.8 Å². The minimum atomic E-state index is -3.42. The van der Waals surface area contributed by atoms with Crippen molar-refractivity contribution in [2.75, 3.05) is 26.7 Å². The summed E-state index contributed by atoms with van der Waals surface area (Å²) in [5, 5.41) is 0.457. The van der Waals surface area contributed by atoms with Gasteiger partial charge in [-0.2, -0.15) is 4.31 Å². The zero-order valence-electron chi connectivity index (χ0n) is 14.3. The standard InChI is InChI=1S/C17H27ClN2O2S/c1-14(2)7-10-19(3)16-8-11-20(12-9-16)23(21,22)17-6-4-5-15(18)13-17/h4-6,13-14,16H,7-12H2,1-3H3/p+1. The van der Waals surface area contributed by atoms with Gasteiger partial charge in [0.25, 0.3) is 0 Å². The molecule has 0 amide bonds. The van der Waals surface area contributed by atoms with E-state index in [2.05, 4.69) is 20.9 Å². The maximum absolute atomic E-state index is 12.7. The Hall–Kier alpha value is -0.620. The molecule has 23 heavy (non-hydrogen) atoms. The Morgan fingerprint density at radius 1 is 1.30 bits per heavy atom. The molecule has 0 aromatic heterocycles. The molecule has 0 spiro atoms. The largest absolute Gasteiger partial charge is 0.335 e. The first kappa shape index (κ1) is 18.7. The van der Waals surface area contributed by atoms with Gasteiger partial charge in [0.15, 0.2) is 0 Å². The van der Waals surface area contributed by atoms with Gasteiger partial charge in [-0.25, -0.2) is 8.42 Å². The molecule has 1 aliphatic heterocycles. The van der Waals surface area contributed by atoms with Crippen molar-refractivity contribution in [2.24, 2.45) is 5.92 Å². The Kier molecular flexibility index (Phi) is 6.48. The number of piperidine rings is 1. The van der Waals surface area contributed by atoms with Gasteiger partial charge < -0.3 is 4.90 Å². The zero-order chi connectivity index (χ0) is 17.0. The van der Waals surface area contributed by atoms with Crippen LogP contribution in [0.1, 0.15) is 33.1 Å². The summed E-state index contributed by atoms with van der Waals surface area (Å²) in [5.41, 5.74) is 0. The minimum Gasteiger partial charge on any atom is -0.335 e. The van der Waals surface area contributed by atoms with Crippen molar-refractivity contribution in [1.82, 2.24) is 4.31 Å². The Bertz CT molecular complexity index is 611. The van der Waals surface area contributed by atoms with Gasteiger partial charge in [0.2, 0.25) is 10.0 Å². The predicted octanol–water partition coefficient (Wildman–Crippen LogP) is 2.05. The van der Waals surface area contributed by atoms with Gasteiger partial charge in [-0.3, -0.25) is 0 Å². The lowest BCUT2D eigenvalue weighted by atomic mass is 10.0. The average molecular weight is 360 g/mol. The molecule has 2 rings (SSSR count). The number of hydrogen-bond acceptors (Lipinski definition) is 2. The second-order valence-corrected chi connectivity index (χ2v) is 9.29. The van der Waals surface area contributed by atoms with Crippen LogP contribution < -0.4 is 4.90 Å². The fraction of sp³-hybridized carbons (Fsp3) is 0.647. The second kappa shape index (κ2) is 7.97. The molecule has 1 heterocycles. The molecule has 1 saturated heterocycles. The van der Waals surface area contributed by atoms with Crippen LogP contribution in [0.15, 0.2) is 29.2 Å².